The molecule has 2 rings (SSSR count). The second kappa shape index (κ2) is 7.13. The first-order chi connectivity index (χ1) is 10.0. The highest BCUT2D eigenvalue weighted by atomic mass is 28.4. The van der Waals surface area contributed by atoms with E-state index >= 15 is 0 Å². The lowest BCUT2D eigenvalue weighted by molar-refractivity contribution is 0.549. The minimum Gasteiger partial charge on any atom is -0.544 e. The molecular weight excluding hydrogens is 278 g/mol. The largest absolute Gasteiger partial charge is 0.544 e. The van der Waals surface area contributed by atoms with Crippen LogP contribution >= 0.6 is 0 Å². The van der Waals surface area contributed by atoms with Gasteiger partial charge in [-0.2, -0.15) is 0 Å². The third kappa shape index (κ3) is 5.47. The third-order valence-electron chi connectivity index (χ3n) is 2.73. The van der Waals surface area contributed by atoms with Gasteiger partial charge in [-0.15, -0.1) is 0 Å². The fourth-order valence-electron chi connectivity index (χ4n) is 1.86. The van der Waals surface area contributed by atoms with Crippen molar-refractivity contribution >= 4 is 14.5 Å². The summed E-state index contributed by atoms with van der Waals surface area (Å²) in [6.07, 6.45) is 5.88. The van der Waals surface area contributed by atoms with Crippen LogP contribution in [0.1, 0.15) is 11.3 Å². The molecule has 0 aliphatic heterocycles. The van der Waals surface area contributed by atoms with Gasteiger partial charge in [-0.1, -0.05) is 18.2 Å². The Bertz CT molecular complexity index is 594. The Morgan fingerprint density at radius 2 is 2.00 bits per heavy atom. The van der Waals surface area contributed by atoms with Gasteiger partial charge in [-0.05, 0) is 43.8 Å². The Morgan fingerprint density at radius 3 is 2.71 bits per heavy atom. The predicted molar refractivity (Wildman–Crippen MR) is 88.6 cm³/mol. The van der Waals surface area contributed by atoms with Crippen LogP contribution in [0.15, 0.2) is 47.8 Å². The van der Waals surface area contributed by atoms with E-state index in [-0.39, 0.29) is 0 Å². The van der Waals surface area contributed by atoms with Crippen molar-refractivity contribution in [2.45, 2.75) is 26.1 Å². The molecule has 1 aromatic carbocycles. The van der Waals surface area contributed by atoms with Crippen molar-refractivity contribution in [3.8, 4) is 5.75 Å². The van der Waals surface area contributed by atoms with Crippen LogP contribution in [-0.2, 0) is 6.42 Å². The summed E-state index contributed by atoms with van der Waals surface area (Å²) in [6.45, 7) is 7.29. The van der Waals surface area contributed by atoms with Crippen LogP contribution in [0.25, 0.3) is 0 Å². The van der Waals surface area contributed by atoms with Crippen molar-refractivity contribution in [1.82, 2.24) is 9.97 Å². The van der Waals surface area contributed by atoms with Crippen LogP contribution < -0.4 is 4.43 Å². The normalized spacial score (nSPS) is 11.8. The molecule has 0 atom stereocenters. The van der Waals surface area contributed by atoms with Gasteiger partial charge in [0, 0.05) is 19.0 Å². The summed E-state index contributed by atoms with van der Waals surface area (Å²) in [5.74, 6) is 0.994. The zero-order chi connectivity index (χ0) is 15.1. The summed E-state index contributed by atoms with van der Waals surface area (Å²) in [5.41, 5.74) is 2.04. The molecule has 0 radical (unpaired) electrons. The van der Waals surface area contributed by atoms with Crippen LogP contribution in [0.4, 0.5) is 0 Å². The molecule has 0 saturated carbocycles. The first kappa shape index (κ1) is 15.4. The Balaban J connectivity index is 1.96. The molecule has 0 N–H and O–H groups in total. The van der Waals surface area contributed by atoms with E-state index in [9.17, 15) is 0 Å². The van der Waals surface area contributed by atoms with Crippen molar-refractivity contribution < 1.29 is 4.43 Å². The molecule has 2 aromatic rings. The van der Waals surface area contributed by atoms with Gasteiger partial charge in [0.25, 0.3) is 0 Å². The van der Waals surface area contributed by atoms with Gasteiger partial charge in [0.05, 0.1) is 5.69 Å². The molecule has 0 fully saturated rings. The van der Waals surface area contributed by atoms with Crippen molar-refractivity contribution in [2.75, 3.05) is 6.54 Å². The maximum Gasteiger partial charge on any atom is 0.242 e. The maximum absolute atomic E-state index is 6.11. The minimum absolute atomic E-state index is 0.718. The van der Waals surface area contributed by atoms with Gasteiger partial charge in [0.1, 0.15) is 12.1 Å². The van der Waals surface area contributed by atoms with Crippen LogP contribution in [-0.4, -0.2) is 31.0 Å². The van der Waals surface area contributed by atoms with Gasteiger partial charge in [-0.3, -0.25) is 4.99 Å². The van der Waals surface area contributed by atoms with Crippen LogP contribution in [0.3, 0.4) is 0 Å². The second-order valence-electron chi connectivity index (χ2n) is 5.74. The lowest BCUT2D eigenvalue weighted by Gasteiger charge is -2.21. The molecular formula is C16H21N3OSi. The van der Waals surface area contributed by atoms with Crippen molar-refractivity contribution in [3.05, 3.63) is 54.1 Å². The van der Waals surface area contributed by atoms with E-state index in [0.717, 1.165) is 24.4 Å². The zero-order valence-electron chi connectivity index (χ0n) is 12.8. The summed E-state index contributed by atoms with van der Waals surface area (Å²) in [7, 11) is -1.58. The highest BCUT2D eigenvalue weighted by molar-refractivity contribution is 6.70. The molecule has 0 bridgehead atoms. The zero-order valence-corrected chi connectivity index (χ0v) is 13.8. The van der Waals surface area contributed by atoms with Gasteiger partial charge in [0.2, 0.25) is 8.32 Å². The Kier molecular flexibility index (Phi) is 5.22. The molecule has 0 aliphatic rings. The molecule has 0 saturated heterocycles. The second-order valence-corrected chi connectivity index (χ2v) is 10.2. The first-order valence-electron chi connectivity index (χ1n) is 7.07. The maximum atomic E-state index is 6.11. The summed E-state index contributed by atoms with van der Waals surface area (Å²) in [5, 5.41) is 0. The molecule has 110 valence electrons. The average molecular weight is 299 g/mol. The topological polar surface area (TPSA) is 47.4 Å². The highest BCUT2D eigenvalue weighted by Gasteiger charge is 2.17. The molecule has 0 amide bonds. The molecule has 0 unspecified atom stereocenters. The fraction of sp³-hybridized carbons (Fsp3) is 0.312. The molecule has 4 nitrogen and oxygen atoms in total. The monoisotopic (exact) mass is 299 g/mol. The summed E-state index contributed by atoms with van der Waals surface area (Å²) >= 11 is 0. The van der Waals surface area contributed by atoms with Crippen molar-refractivity contribution in [3.63, 3.8) is 0 Å². The summed E-state index contributed by atoms with van der Waals surface area (Å²) < 4.78 is 6.11. The van der Waals surface area contributed by atoms with Crippen molar-refractivity contribution in [2.24, 2.45) is 4.99 Å². The smallest absolute Gasteiger partial charge is 0.242 e. The number of aliphatic imine (C=N–C) groups is 1. The fourth-order valence-corrected chi connectivity index (χ4v) is 2.72. The third-order valence-corrected chi connectivity index (χ3v) is 3.56. The van der Waals surface area contributed by atoms with E-state index in [0.29, 0.717) is 0 Å². The standard InChI is InChI=1S/C16H21N3OSi/c1-21(2,3)20-16-7-5-4-6-14(16)8-10-17-12-15-9-11-18-13-19-15/h4-7,9,11-13H,8,10H2,1-3H3. The number of hydrogen-bond acceptors (Lipinski definition) is 4. The number of para-hydroxylation sites is 1. The van der Waals surface area contributed by atoms with E-state index in [1.807, 2.05) is 24.3 Å². The van der Waals surface area contributed by atoms with E-state index in [1.165, 1.54) is 11.9 Å². The molecule has 0 spiro atoms. The lowest BCUT2D eigenvalue weighted by Crippen LogP contribution is -2.29. The van der Waals surface area contributed by atoms with E-state index in [4.69, 9.17) is 4.43 Å². The number of hydrogen-bond donors (Lipinski definition) is 0. The van der Waals surface area contributed by atoms with E-state index in [2.05, 4.69) is 40.7 Å². The Morgan fingerprint density at radius 1 is 1.19 bits per heavy atom. The average Bonchev–Trinajstić information content (AvgIpc) is 2.45. The van der Waals surface area contributed by atoms with Gasteiger partial charge in [0.15, 0.2) is 0 Å². The van der Waals surface area contributed by atoms with Crippen LogP contribution in [0.2, 0.25) is 19.6 Å². The Hall–Kier alpha value is -2.01. The van der Waals surface area contributed by atoms with Gasteiger partial charge in [-0.25, -0.2) is 9.97 Å². The predicted octanol–water partition coefficient (Wildman–Crippen LogP) is 3.35. The minimum atomic E-state index is -1.58. The molecule has 21 heavy (non-hydrogen) atoms. The Labute approximate surface area is 127 Å². The quantitative estimate of drug-likeness (QED) is 0.607. The first-order valence-corrected chi connectivity index (χ1v) is 10.5. The van der Waals surface area contributed by atoms with Crippen LogP contribution in [0, 0.1) is 0 Å². The molecule has 1 aromatic heterocycles. The lowest BCUT2D eigenvalue weighted by atomic mass is 10.1. The van der Waals surface area contributed by atoms with E-state index < -0.39 is 8.32 Å². The molecule has 1 heterocycles. The molecule has 0 aliphatic carbocycles. The van der Waals surface area contributed by atoms with Gasteiger partial charge >= 0.3 is 0 Å². The SMILES string of the molecule is C[Si](C)(C)Oc1ccccc1CCN=Cc1ccncn1. The van der Waals surface area contributed by atoms with Gasteiger partial charge < -0.3 is 4.43 Å². The number of rotatable bonds is 6. The highest BCUT2D eigenvalue weighted by Crippen LogP contribution is 2.22. The number of aromatic nitrogens is 2. The summed E-state index contributed by atoms with van der Waals surface area (Å²) in [4.78, 5) is 12.4. The molecule has 5 heteroatoms. The summed E-state index contributed by atoms with van der Waals surface area (Å²) in [6, 6.07) is 10.0. The van der Waals surface area contributed by atoms with Crippen molar-refractivity contribution in [1.29, 1.82) is 0 Å². The number of benzene rings is 1. The van der Waals surface area contributed by atoms with E-state index in [1.54, 1.807) is 12.4 Å². The van der Waals surface area contributed by atoms with Crippen LogP contribution in [0.5, 0.6) is 5.75 Å². The number of nitrogens with zero attached hydrogens (tertiary/aromatic N) is 3.